The van der Waals surface area contributed by atoms with Crippen molar-refractivity contribution in [3.05, 3.63) is 33.9 Å². The lowest BCUT2D eigenvalue weighted by atomic mass is 10.3. The summed E-state index contributed by atoms with van der Waals surface area (Å²) in [6.45, 7) is 3.95. The predicted octanol–water partition coefficient (Wildman–Crippen LogP) is 0.444. The normalized spacial score (nSPS) is 10.6. The molecule has 0 aliphatic carbocycles. The minimum atomic E-state index is -0.691. The summed E-state index contributed by atoms with van der Waals surface area (Å²) in [5, 5.41) is 21.2. The molecule has 0 radical (unpaired) electrons. The third-order valence-corrected chi connectivity index (χ3v) is 3.47. The van der Waals surface area contributed by atoms with Gasteiger partial charge in [0.25, 0.3) is 5.91 Å². The van der Waals surface area contributed by atoms with Gasteiger partial charge in [0.15, 0.2) is 0 Å². The molecule has 3 N–H and O–H groups in total. The van der Waals surface area contributed by atoms with Crippen molar-refractivity contribution in [1.29, 1.82) is 0 Å². The SMILES string of the molecule is CCn1ncc(NC(=O)CCn2ncc([N+](=O)[O-])c2C)c1C(N)=O. The van der Waals surface area contributed by atoms with Crippen molar-refractivity contribution >= 4 is 23.2 Å². The van der Waals surface area contributed by atoms with Crippen molar-refractivity contribution in [2.45, 2.75) is 33.4 Å². The van der Waals surface area contributed by atoms with E-state index >= 15 is 0 Å². The lowest BCUT2D eigenvalue weighted by Gasteiger charge is -2.07. The van der Waals surface area contributed by atoms with Crippen molar-refractivity contribution in [2.24, 2.45) is 5.73 Å². The summed E-state index contributed by atoms with van der Waals surface area (Å²) >= 11 is 0. The van der Waals surface area contributed by atoms with Crippen molar-refractivity contribution < 1.29 is 14.5 Å². The Bertz CT molecular complexity index is 792. The number of hydrogen-bond acceptors (Lipinski definition) is 6. The Kier molecular flexibility index (Phi) is 4.92. The lowest BCUT2D eigenvalue weighted by molar-refractivity contribution is -0.385. The molecular weight excluding hydrogens is 318 g/mol. The molecule has 0 bridgehead atoms. The van der Waals surface area contributed by atoms with Gasteiger partial charge in [-0.1, -0.05) is 0 Å². The van der Waals surface area contributed by atoms with Crippen LogP contribution in [0.25, 0.3) is 0 Å². The fraction of sp³-hybridized carbons (Fsp3) is 0.385. The van der Waals surface area contributed by atoms with Crippen molar-refractivity contribution in [2.75, 3.05) is 5.32 Å². The van der Waals surface area contributed by atoms with Gasteiger partial charge in [0.1, 0.15) is 17.6 Å². The van der Waals surface area contributed by atoms with Gasteiger partial charge in [-0.3, -0.25) is 29.1 Å². The number of hydrogen-bond donors (Lipinski definition) is 2. The van der Waals surface area contributed by atoms with Crippen LogP contribution in [0.5, 0.6) is 0 Å². The molecule has 0 aromatic carbocycles. The number of aromatic nitrogens is 4. The Balaban J connectivity index is 2.03. The Labute approximate surface area is 136 Å². The fourth-order valence-electron chi connectivity index (χ4n) is 2.24. The molecule has 0 aliphatic rings. The van der Waals surface area contributed by atoms with Gasteiger partial charge in [0.05, 0.1) is 23.4 Å². The molecule has 2 aromatic heterocycles. The molecule has 0 saturated heterocycles. The fourth-order valence-corrected chi connectivity index (χ4v) is 2.24. The van der Waals surface area contributed by atoms with Gasteiger partial charge < -0.3 is 11.1 Å². The number of rotatable bonds is 7. The number of primary amides is 1. The van der Waals surface area contributed by atoms with Crippen LogP contribution >= 0.6 is 0 Å². The third kappa shape index (κ3) is 3.39. The number of carbonyl (C=O) groups excluding carboxylic acids is 2. The molecule has 0 saturated carbocycles. The van der Waals surface area contributed by atoms with Gasteiger partial charge >= 0.3 is 5.69 Å². The van der Waals surface area contributed by atoms with E-state index in [2.05, 4.69) is 15.5 Å². The zero-order valence-corrected chi connectivity index (χ0v) is 13.2. The van der Waals surface area contributed by atoms with Crippen molar-refractivity contribution in [3.8, 4) is 0 Å². The predicted molar refractivity (Wildman–Crippen MR) is 83.3 cm³/mol. The summed E-state index contributed by atoms with van der Waals surface area (Å²) in [5.74, 6) is -1.08. The van der Waals surface area contributed by atoms with Crippen LogP contribution < -0.4 is 11.1 Å². The molecule has 2 aromatic rings. The molecule has 2 rings (SSSR count). The Morgan fingerprint density at radius 1 is 1.33 bits per heavy atom. The van der Waals surface area contributed by atoms with Gasteiger partial charge in [0.2, 0.25) is 5.91 Å². The minimum Gasteiger partial charge on any atom is -0.364 e. The van der Waals surface area contributed by atoms with Crippen LogP contribution in [0.3, 0.4) is 0 Å². The van der Waals surface area contributed by atoms with Gasteiger partial charge in [-0.25, -0.2) is 0 Å². The summed E-state index contributed by atoms with van der Waals surface area (Å²) in [6, 6.07) is 0. The molecule has 0 unspecified atom stereocenters. The van der Waals surface area contributed by atoms with Crippen LogP contribution in [-0.4, -0.2) is 36.3 Å². The second-order valence-corrected chi connectivity index (χ2v) is 4.98. The molecule has 0 spiro atoms. The zero-order valence-electron chi connectivity index (χ0n) is 13.2. The van der Waals surface area contributed by atoms with Crippen molar-refractivity contribution in [1.82, 2.24) is 19.6 Å². The van der Waals surface area contributed by atoms with Gasteiger partial charge in [0, 0.05) is 13.0 Å². The second-order valence-electron chi connectivity index (χ2n) is 4.98. The first-order valence-electron chi connectivity index (χ1n) is 7.17. The first-order chi connectivity index (χ1) is 11.3. The van der Waals surface area contributed by atoms with Crippen LogP contribution in [0.15, 0.2) is 12.4 Å². The number of amides is 2. The van der Waals surface area contributed by atoms with E-state index in [4.69, 9.17) is 5.73 Å². The number of aryl methyl sites for hydroxylation is 2. The second kappa shape index (κ2) is 6.89. The van der Waals surface area contributed by atoms with E-state index in [1.807, 2.05) is 0 Å². The quantitative estimate of drug-likeness (QED) is 0.553. The smallest absolute Gasteiger partial charge is 0.309 e. The summed E-state index contributed by atoms with van der Waals surface area (Å²) in [7, 11) is 0. The highest BCUT2D eigenvalue weighted by Crippen LogP contribution is 2.17. The average molecular weight is 335 g/mol. The standard InChI is InChI=1S/C13H17N7O4/c1-3-18-12(13(14)22)9(6-15-18)17-11(21)4-5-19-8(2)10(7-16-19)20(23)24/h6-7H,3-5H2,1-2H3,(H2,14,22)(H,17,21). The van der Waals surface area contributed by atoms with Crippen LogP contribution in [0, 0.1) is 17.0 Å². The number of nitrogens with one attached hydrogen (secondary N) is 1. The highest BCUT2D eigenvalue weighted by molar-refractivity contribution is 6.01. The highest BCUT2D eigenvalue weighted by Gasteiger charge is 2.19. The maximum atomic E-state index is 12.0. The minimum absolute atomic E-state index is 0.0230. The number of nitrogens with two attached hydrogens (primary N) is 1. The maximum absolute atomic E-state index is 12.0. The number of carbonyl (C=O) groups is 2. The lowest BCUT2D eigenvalue weighted by Crippen LogP contribution is -2.21. The van der Waals surface area contributed by atoms with E-state index < -0.39 is 10.8 Å². The summed E-state index contributed by atoms with van der Waals surface area (Å²) < 4.78 is 2.77. The van der Waals surface area contributed by atoms with Gasteiger partial charge in [-0.05, 0) is 13.8 Å². The molecule has 11 heteroatoms. The maximum Gasteiger partial charge on any atom is 0.309 e. The molecule has 11 nitrogen and oxygen atoms in total. The summed E-state index contributed by atoms with van der Waals surface area (Å²) in [6.07, 6.45) is 2.52. The number of nitro groups is 1. The summed E-state index contributed by atoms with van der Waals surface area (Å²) in [5.41, 5.74) is 5.92. The molecule has 0 atom stereocenters. The zero-order chi connectivity index (χ0) is 17.9. The molecule has 2 amide bonds. The highest BCUT2D eigenvalue weighted by atomic mass is 16.6. The van der Waals surface area contributed by atoms with Crippen LogP contribution in [0.4, 0.5) is 11.4 Å². The molecular formula is C13H17N7O4. The topological polar surface area (TPSA) is 151 Å². The number of anilines is 1. The first-order valence-corrected chi connectivity index (χ1v) is 7.17. The van der Waals surface area contributed by atoms with Crippen LogP contribution in [0.1, 0.15) is 29.5 Å². The molecule has 0 aliphatic heterocycles. The Morgan fingerprint density at radius 2 is 2.00 bits per heavy atom. The van der Waals surface area contributed by atoms with Crippen LogP contribution in [-0.2, 0) is 17.9 Å². The first kappa shape index (κ1) is 17.1. The van der Waals surface area contributed by atoms with E-state index in [0.29, 0.717) is 12.2 Å². The molecule has 2 heterocycles. The molecule has 24 heavy (non-hydrogen) atoms. The Morgan fingerprint density at radius 3 is 2.54 bits per heavy atom. The number of nitrogens with zero attached hydrogens (tertiary/aromatic N) is 5. The molecule has 128 valence electrons. The van der Waals surface area contributed by atoms with E-state index in [-0.39, 0.29) is 35.9 Å². The Hall–Kier alpha value is -3.24. The van der Waals surface area contributed by atoms with Crippen molar-refractivity contribution in [3.63, 3.8) is 0 Å². The van der Waals surface area contributed by atoms with E-state index in [9.17, 15) is 19.7 Å². The third-order valence-electron chi connectivity index (χ3n) is 3.47. The van der Waals surface area contributed by atoms with Crippen LogP contribution in [0.2, 0.25) is 0 Å². The largest absolute Gasteiger partial charge is 0.364 e. The average Bonchev–Trinajstić information content (AvgIpc) is 3.08. The van der Waals surface area contributed by atoms with Gasteiger partial charge in [-0.2, -0.15) is 10.2 Å². The van der Waals surface area contributed by atoms with E-state index in [0.717, 1.165) is 6.20 Å². The van der Waals surface area contributed by atoms with E-state index in [1.165, 1.54) is 15.6 Å². The molecule has 0 fully saturated rings. The monoisotopic (exact) mass is 335 g/mol. The van der Waals surface area contributed by atoms with Gasteiger partial charge in [-0.15, -0.1) is 0 Å². The summed E-state index contributed by atoms with van der Waals surface area (Å²) in [4.78, 5) is 33.7. The van der Waals surface area contributed by atoms with E-state index in [1.54, 1.807) is 13.8 Å².